The molecule has 0 aliphatic rings. The average Bonchev–Trinajstić information content (AvgIpc) is 2.83. The second-order valence-corrected chi connectivity index (χ2v) is 16.7. The lowest BCUT2D eigenvalue weighted by molar-refractivity contribution is -0.162. The summed E-state index contributed by atoms with van der Waals surface area (Å²) < 4.78 is 22.7. The van der Waals surface area contributed by atoms with Crippen molar-refractivity contribution in [1.29, 1.82) is 0 Å². The van der Waals surface area contributed by atoms with Crippen LogP contribution in [0.25, 0.3) is 11.4 Å². The predicted octanol–water partition coefficient (Wildman–Crippen LogP) is 5.88. The van der Waals surface area contributed by atoms with Crippen LogP contribution in [0.1, 0.15) is 94.5 Å². The van der Waals surface area contributed by atoms with Gasteiger partial charge in [-0.2, -0.15) is 0 Å². The lowest BCUT2D eigenvalue weighted by Crippen LogP contribution is -2.39. The maximum Gasteiger partial charge on any atom is 0.320 e. The highest BCUT2D eigenvalue weighted by Gasteiger charge is 2.26. The molecule has 0 aliphatic heterocycles. The highest BCUT2D eigenvalue weighted by atomic mass is 79.9. The second-order valence-electron chi connectivity index (χ2n) is 15.8. The third-order valence-electron chi connectivity index (χ3n) is 5.77. The van der Waals surface area contributed by atoms with Gasteiger partial charge in [-0.1, -0.05) is 22.0 Å². The SMILES string of the molecule is CC(C)(C)OC(=O)CN(CC(=O)OC(C)(C)C)Cc1cccc(-c2cc(Br)cc(CN(CC(=O)OC(C)(C)C)CC(=O)OC(C)(C)C)n2)n1. The van der Waals surface area contributed by atoms with E-state index in [4.69, 9.17) is 28.9 Å². The van der Waals surface area contributed by atoms with Gasteiger partial charge in [-0.05, 0) is 107 Å². The summed E-state index contributed by atoms with van der Waals surface area (Å²) in [4.78, 5) is 63.8. The number of halogens is 1. The standard InChI is InChI=1S/C36H53BrN4O8/c1-33(2,3)46-29(42)20-40(21-30(43)47-34(4,5)6)18-25-14-13-15-27(38-25)28-17-24(37)16-26(39-28)19-41(22-31(44)48-35(7,8)9)23-32(45)49-36(10,11)12/h13-17H,18-23H2,1-12H3. The number of rotatable bonds is 13. The van der Waals surface area contributed by atoms with Crippen molar-refractivity contribution in [3.8, 4) is 11.4 Å². The number of nitrogens with zero attached hydrogens (tertiary/aromatic N) is 4. The van der Waals surface area contributed by atoms with Gasteiger partial charge in [0.05, 0.1) is 49.0 Å². The van der Waals surface area contributed by atoms with Crippen LogP contribution in [0.15, 0.2) is 34.8 Å². The summed E-state index contributed by atoms with van der Waals surface area (Å²) in [7, 11) is 0. The van der Waals surface area contributed by atoms with Crippen LogP contribution < -0.4 is 0 Å². The maximum atomic E-state index is 12.8. The molecule has 0 saturated carbocycles. The molecule has 0 saturated heterocycles. The second kappa shape index (κ2) is 17.0. The third-order valence-corrected chi connectivity index (χ3v) is 6.23. The monoisotopic (exact) mass is 748 g/mol. The van der Waals surface area contributed by atoms with Crippen LogP contribution >= 0.6 is 15.9 Å². The Morgan fingerprint density at radius 3 is 1.27 bits per heavy atom. The summed E-state index contributed by atoms with van der Waals surface area (Å²) in [6.07, 6.45) is 0. The van der Waals surface area contributed by atoms with Gasteiger partial charge >= 0.3 is 23.9 Å². The van der Waals surface area contributed by atoms with Gasteiger partial charge in [0.25, 0.3) is 0 Å². The average molecular weight is 750 g/mol. The first-order valence-corrected chi connectivity index (χ1v) is 17.0. The minimum Gasteiger partial charge on any atom is -0.459 e. The molecule has 272 valence electrons. The van der Waals surface area contributed by atoms with Crippen LogP contribution in [0, 0.1) is 0 Å². The van der Waals surface area contributed by atoms with E-state index in [1.54, 1.807) is 117 Å². The minimum absolute atomic E-state index is 0.143. The number of hydrogen-bond donors (Lipinski definition) is 0. The van der Waals surface area contributed by atoms with Crippen LogP contribution in [-0.2, 0) is 51.2 Å². The van der Waals surface area contributed by atoms with Gasteiger partial charge in [-0.15, -0.1) is 0 Å². The molecular formula is C36H53BrN4O8. The molecule has 0 aliphatic carbocycles. The number of ether oxygens (including phenoxy) is 4. The Morgan fingerprint density at radius 2 is 0.898 bits per heavy atom. The van der Waals surface area contributed by atoms with Crippen molar-refractivity contribution in [3.05, 3.63) is 46.2 Å². The fourth-order valence-electron chi connectivity index (χ4n) is 4.49. The number of pyridine rings is 2. The maximum absolute atomic E-state index is 12.8. The van der Waals surface area contributed by atoms with E-state index >= 15 is 0 Å². The van der Waals surface area contributed by atoms with Crippen LogP contribution in [0.5, 0.6) is 0 Å². The summed E-state index contributed by atoms with van der Waals surface area (Å²) in [5.74, 6) is -1.92. The van der Waals surface area contributed by atoms with Gasteiger partial charge in [-0.25, -0.2) is 9.97 Å². The zero-order chi connectivity index (χ0) is 37.4. The van der Waals surface area contributed by atoms with Crippen LogP contribution in [0.4, 0.5) is 0 Å². The van der Waals surface area contributed by atoms with E-state index in [-0.39, 0.29) is 39.3 Å². The van der Waals surface area contributed by atoms with Crippen LogP contribution in [0.2, 0.25) is 0 Å². The molecule has 0 aromatic carbocycles. The minimum atomic E-state index is -0.693. The Bertz CT molecular complexity index is 1410. The normalized spacial score (nSPS) is 12.6. The van der Waals surface area contributed by atoms with Gasteiger partial charge in [0.2, 0.25) is 0 Å². The number of aromatic nitrogens is 2. The third kappa shape index (κ3) is 18.2. The lowest BCUT2D eigenvalue weighted by atomic mass is 10.2. The summed E-state index contributed by atoms with van der Waals surface area (Å²) in [6, 6.07) is 9.02. The number of carbonyl (C=O) groups is 4. The number of esters is 4. The van der Waals surface area contributed by atoms with Crippen LogP contribution in [-0.4, -0.2) is 92.2 Å². The molecule has 2 aromatic rings. The van der Waals surface area contributed by atoms with E-state index in [2.05, 4.69) is 15.9 Å². The number of carbonyl (C=O) groups excluding carboxylic acids is 4. The highest BCUT2D eigenvalue weighted by Crippen LogP contribution is 2.23. The molecule has 2 aromatic heterocycles. The van der Waals surface area contributed by atoms with E-state index in [0.29, 0.717) is 27.2 Å². The van der Waals surface area contributed by atoms with Crippen molar-refractivity contribution >= 4 is 39.8 Å². The molecular weight excluding hydrogens is 696 g/mol. The quantitative estimate of drug-likeness (QED) is 0.179. The molecule has 2 rings (SSSR count). The molecule has 49 heavy (non-hydrogen) atoms. The first-order chi connectivity index (χ1) is 22.2. The Morgan fingerprint density at radius 1 is 0.551 bits per heavy atom. The topological polar surface area (TPSA) is 137 Å². The van der Waals surface area contributed by atoms with E-state index < -0.39 is 46.3 Å². The largest absolute Gasteiger partial charge is 0.459 e. The molecule has 13 heteroatoms. The summed E-state index contributed by atoms with van der Waals surface area (Å²) >= 11 is 3.56. The zero-order valence-electron chi connectivity index (χ0n) is 31.1. The van der Waals surface area contributed by atoms with Gasteiger partial charge in [-0.3, -0.25) is 29.0 Å². The lowest BCUT2D eigenvalue weighted by Gasteiger charge is -2.26. The van der Waals surface area contributed by atoms with E-state index in [0.717, 1.165) is 0 Å². The van der Waals surface area contributed by atoms with Crippen LogP contribution in [0.3, 0.4) is 0 Å². The van der Waals surface area contributed by atoms with Crippen molar-refractivity contribution < 1.29 is 38.1 Å². The van der Waals surface area contributed by atoms with Crippen molar-refractivity contribution in [2.75, 3.05) is 26.2 Å². The molecule has 0 unspecified atom stereocenters. The molecule has 0 bridgehead atoms. The van der Waals surface area contributed by atoms with E-state index in [9.17, 15) is 19.2 Å². The van der Waals surface area contributed by atoms with Crippen molar-refractivity contribution in [1.82, 2.24) is 19.8 Å². The highest BCUT2D eigenvalue weighted by molar-refractivity contribution is 9.10. The molecule has 12 nitrogen and oxygen atoms in total. The fraction of sp³-hybridized carbons (Fsp3) is 0.611. The van der Waals surface area contributed by atoms with Crippen molar-refractivity contribution in [2.24, 2.45) is 0 Å². The Balaban J connectivity index is 2.37. The fourth-order valence-corrected chi connectivity index (χ4v) is 4.97. The molecule has 0 spiro atoms. The molecule has 0 atom stereocenters. The zero-order valence-corrected chi connectivity index (χ0v) is 32.6. The first-order valence-electron chi connectivity index (χ1n) is 16.2. The smallest absolute Gasteiger partial charge is 0.320 e. The first kappa shape index (κ1) is 41.7. The predicted molar refractivity (Wildman–Crippen MR) is 189 cm³/mol. The molecule has 0 fully saturated rings. The van der Waals surface area contributed by atoms with Gasteiger partial charge < -0.3 is 18.9 Å². The molecule has 0 amide bonds. The Kier molecular flexibility index (Phi) is 14.5. The molecule has 2 heterocycles. The molecule has 0 radical (unpaired) electrons. The Labute approximate surface area is 299 Å². The van der Waals surface area contributed by atoms with Gasteiger partial charge in [0.1, 0.15) is 22.4 Å². The van der Waals surface area contributed by atoms with E-state index in [1.165, 1.54) is 0 Å². The van der Waals surface area contributed by atoms with E-state index in [1.807, 2.05) is 6.07 Å². The summed E-state index contributed by atoms with van der Waals surface area (Å²) in [5.41, 5.74) is -0.529. The summed E-state index contributed by atoms with van der Waals surface area (Å²) in [6.45, 7) is 21.1. The summed E-state index contributed by atoms with van der Waals surface area (Å²) in [5, 5.41) is 0. The van der Waals surface area contributed by atoms with Gasteiger partial charge in [0.15, 0.2) is 0 Å². The van der Waals surface area contributed by atoms with Crippen molar-refractivity contribution in [2.45, 2.75) is 119 Å². The molecule has 0 N–H and O–H groups in total. The number of hydrogen-bond acceptors (Lipinski definition) is 12. The Hall–Kier alpha value is -3.42. The van der Waals surface area contributed by atoms with Gasteiger partial charge in [0, 0.05) is 17.6 Å². The van der Waals surface area contributed by atoms with Crippen molar-refractivity contribution in [3.63, 3.8) is 0 Å².